The predicted octanol–water partition coefficient (Wildman–Crippen LogP) is 5.01. The van der Waals surface area contributed by atoms with Gasteiger partial charge in [-0.25, -0.2) is 0 Å². The van der Waals surface area contributed by atoms with Gasteiger partial charge in [0.15, 0.2) is 0 Å². The van der Waals surface area contributed by atoms with Gasteiger partial charge < -0.3 is 18.9 Å². The van der Waals surface area contributed by atoms with E-state index in [-0.39, 0.29) is 33.0 Å². The van der Waals surface area contributed by atoms with E-state index >= 15 is 0 Å². The van der Waals surface area contributed by atoms with Crippen LogP contribution in [0.5, 0.6) is 0 Å². The lowest BCUT2D eigenvalue weighted by Gasteiger charge is -2.35. The van der Waals surface area contributed by atoms with Crippen LogP contribution >= 0.6 is 0 Å². The van der Waals surface area contributed by atoms with Crippen molar-refractivity contribution in [3.8, 4) is 0 Å². The van der Waals surface area contributed by atoms with Gasteiger partial charge in [-0.2, -0.15) is 21.6 Å². The largest absolute Gasteiger partial charge is 0.523 e. The molecular weight excluding hydrogens is 537 g/mol. The zero-order chi connectivity index (χ0) is 27.8. The first kappa shape index (κ1) is 29.2. The quantitative estimate of drug-likeness (QED) is 0.213. The number of benzene rings is 3. The van der Waals surface area contributed by atoms with E-state index in [0.717, 1.165) is 16.7 Å². The van der Waals surface area contributed by atoms with E-state index in [2.05, 4.69) is 4.18 Å². The monoisotopic (exact) mass is 566 g/mol. The third-order valence-corrected chi connectivity index (χ3v) is 7.18. The summed E-state index contributed by atoms with van der Waals surface area (Å²) in [5.41, 5.74) is -4.60. The third-order valence-electron chi connectivity index (χ3n) is 6.11. The van der Waals surface area contributed by atoms with Crippen molar-refractivity contribution in [3.63, 3.8) is 0 Å². The molecule has 0 aromatic heterocycles. The molecule has 0 amide bonds. The van der Waals surface area contributed by atoms with Crippen molar-refractivity contribution in [2.75, 3.05) is 19.8 Å². The van der Waals surface area contributed by atoms with Crippen LogP contribution in [0.4, 0.5) is 13.2 Å². The van der Waals surface area contributed by atoms with Gasteiger partial charge in [0.25, 0.3) is 0 Å². The zero-order valence-electron chi connectivity index (χ0n) is 21.0. The molecule has 3 aromatic rings. The maximum Gasteiger partial charge on any atom is 0.523 e. The fourth-order valence-corrected chi connectivity index (χ4v) is 4.78. The van der Waals surface area contributed by atoms with Crippen molar-refractivity contribution < 1.29 is 44.7 Å². The van der Waals surface area contributed by atoms with Gasteiger partial charge in [-0.15, -0.1) is 0 Å². The molecule has 0 unspecified atom stereocenters. The summed E-state index contributed by atoms with van der Waals surface area (Å²) in [6.07, 6.45) is -2.85. The Morgan fingerprint density at radius 2 is 1.18 bits per heavy atom. The van der Waals surface area contributed by atoms with Crippen molar-refractivity contribution in [1.82, 2.24) is 0 Å². The number of ether oxygens (including phenoxy) is 4. The SMILES string of the molecule is O=S(=O)(O[C@H]1COC(COCc2ccccc2)(COCc2ccccc2)[C@@H]1OCc1ccccc1)C(F)(F)F. The first-order valence-electron chi connectivity index (χ1n) is 12.2. The molecule has 7 nitrogen and oxygen atoms in total. The molecule has 0 spiro atoms. The van der Waals surface area contributed by atoms with E-state index in [1.165, 1.54) is 0 Å². The van der Waals surface area contributed by atoms with Gasteiger partial charge in [0.1, 0.15) is 17.8 Å². The second-order valence-corrected chi connectivity index (χ2v) is 10.6. The molecule has 11 heteroatoms. The van der Waals surface area contributed by atoms with Gasteiger partial charge in [0.2, 0.25) is 0 Å². The smallest absolute Gasteiger partial charge is 0.374 e. The maximum absolute atomic E-state index is 13.2. The van der Waals surface area contributed by atoms with E-state index in [1.807, 2.05) is 66.7 Å². The lowest BCUT2D eigenvalue weighted by atomic mass is 9.96. The number of hydrogen-bond donors (Lipinski definition) is 0. The number of rotatable bonds is 13. The van der Waals surface area contributed by atoms with Crippen molar-refractivity contribution >= 4 is 10.1 Å². The van der Waals surface area contributed by atoms with Gasteiger partial charge in [-0.1, -0.05) is 91.0 Å². The van der Waals surface area contributed by atoms with Gasteiger partial charge in [-0.3, -0.25) is 4.18 Å². The Bertz CT molecular complexity index is 1210. The predicted molar refractivity (Wildman–Crippen MR) is 136 cm³/mol. The van der Waals surface area contributed by atoms with Crippen LogP contribution in [-0.4, -0.2) is 51.6 Å². The van der Waals surface area contributed by atoms with Crippen molar-refractivity contribution in [3.05, 3.63) is 108 Å². The van der Waals surface area contributed by atoms with Crippen molar-refractivity contribution in [2.24, 2.45) is 0 Å². The Kier molecular flexibility index (Phi) is 9.76. The topological polar surface area (TPSA) is 80.3 Å². The summed E-state index contributed by atoms with van der Waals surface area (Å²) in [6, 6.07) is 27.5. The molecule has 0 bridgehead atoms. The van der Waals surface area contributed by atoms with Crippen molar-refractivity contribution in [1.29, 1.82) is 0 Å². The number of halogens is 3. The molecule has 39 heavy (non-hydrogen) atoms. The van der Waals surface area contributed by atoms with Gasteiger partial charge in [-0.05, 0) is 16.7 Å². The second-order valence-electron chi connectivity index (χ2n) is 9.08. The summed E-state index contributed by atoms with van der Waals surface area (Å²) in [5, 5.41) is 0. The third kappa shape index (κ3) is 7.87. The molecule has 0 saturated carbocycles. The molecule has 1 heterocycles. The number of hydrogen-bond acceptors (Lipinski definition) is 7. The Labute approximate surface area is 225 Å². The average Bonchev–Trinajstić information content (AvgIpc) is 3.24. The minimum atomic E-state index is -5.92. The standard InChI is InChI=1S/C28H29F3O7S/c29-28(30,31)39(32,33)38-25-19-37-27(20-34-16-22-10-4-1-5-11-22,21-35-17-23-12-6-2-7-13-23)26(25)36-18-24-14-8-3-9-15-24/h1-15,25-26H,16-21H2/t25-,26+/m0/s1. The summed E-state index contributed by atoms with van der Waals surface area (Å²) >= 11 is 0. The first-order chi connectivity index (χ1) is 18.7. The Morgan fingerprint density at radius 3 is 1.62 bits per heavy atom. The normalized spacial score (nSPS) is 19.3. The summed E-state index contributed by atoms with van der Waals surface area (Å²) in [6.45, 7) is -0.437. The molecule has 0 aliphatic carbocycles. The average molecular weight is 567 g/mol. The molecule has 1 aliphatic rings. The highest BCUT2D eigenvalue weighted by atomic mass is 32.2. The van der Waals surface area contributed by atoms with Crippen LogP contribution in [0.1, 0.15) is 16.7 Å². The van der Waals surface area contributed by atoms with Crippen LogP contribution in [0.2, 0.25) is 0 Å². The van der Waals surface area contributed by atoms with Crippen molar-refractivity contribution in [2.45, 2.75) is 43.1 Å². The highest BCUT2D eigenvalue weighted by molar-refractivity contribution is 7.87. The molecule has 4 rings (SSSR count). The van der Waals surface area contributed by atoms with Crippen LogP contribution in [0.25, 0.3) is 0 Å². The van der Waals surface area contributed by atoms with Crippen LogP contribution in [-0.2, 0) is 53.1 Å². The Morgan fingerprint density at radius 1 is 0.744 bits per heavy atom. The van der Waals surface area contributed by atoms with E-state index in [0.29, 0.717) is 0 Å². The number of alkyl halides is 3. The van der Waals surface area contributed by atoms with Crippen LogP contribution in [0.3, 0.4) is 0 Å². The minimum absolute atomic E-state index is 0.0279. The lowest BCUT2D eigenvalue weighted by molar-refractivity contribution is -0.169. The Hall–Kier alpha value is -2.80. The first-order valence-corrected chi connectivity index (χ1v) is 13.6. The lowest BCUT2D eigenvalue weighted by Crippen LogP contribution is -2.53. The fraction of sp³-hybridized carbons (Fsp3) is 0.357. The molecule has 1 aliphatic heterocycles. The highest BCUT2D eigenvalue weighted by Gasteiger charge is 2.57. The summed E-state index contributed by atoms with van der Waals surface area (Å²) in [4.78, 5) is 0. The van der Waals surface area contributed by atoms with Crippen LogP contribution in [0, 0.1) is 0 Å². The second kappa shape index (κ2) is 13.0. The summed E-state index contributed by atoms with van der Waals surface area (Å²) < 4.78 is 91.9. The van der Waals surface area contributed by atoms with Gasteiger partial charge >= 0.3 is 15.6 Å². The molecular formula is C28H29F3O7S. The Balaban J connectivity index is 1.58. The van der Waals surface area contributed by atoms with Gasteiger partial charge in [0, 0.05) is 0 Å². The summed E-state index contributed by atoms with van der Waals surface area (Å²) in [5.74, 6) is 0. The van der Waals surface area contributed by atoms with E-state index in [1.54, 1.807) is 24.3 Å². The van der Waals surface area contributed by atoms with Gasteiger partial charge in [0.05, 0.1) is 39.6 Å². The molecule has 1 saturated heterocycles. The molecule has 210 valence electrons. The van der Waals surface area contributed by atoms with Crippen LogP contribution < -0.4 is 0 Å². The van der Waals surface area contributed by atoms with Crippen LogP contribution in [0.15, 0.2) is 91.0 Å². The molecule has 0 radical (unpaired) electrons. The van der Waals surface area contributed by atoms with E-state index in [4.69, 9.17) is 18.9 Å². The molecule has 2 atom stereocenters. The molecule has 1 fully saturated rings. The minimum Gasteiger partial charge on any atom is -0.374 e. The zero-order valence-corrected chi connectivity index (χ0v) is 21.8. The van der Waals surface area contributed by atoms with E-state index < -0.39 is 40.0 Å². The highest BCUT2D eigenvalue weighted by Crippen LogP contribution is 2.36. The molecule has 0 N–H and O–H groups in total. The fourth-order valence-electron chi connectivity index (χ4n) is 4.19. The summed E-state index contributed by atoms with van der Waals surface area (Å²) in [7, 11) is -5.92. The molecule has 3 aromatic carbocycles. The maximum atomic E-state index is 13.2. The van der Waals surface area contributed by atoms with E-state index in [9.17, 15) is 21.6 Å².